The molecule has 0 aromatic carbocycles. The zero-order valence-electron chi connectivity index (χ0n) is 40.7. The van der Waals surface area contributed by atoms with Crippen molar-refractivity contribution < 1.29 is 24.5 Å². The molecule has 0 aliphatic carbocycles. The van der Waals surface area contributed by atoms with Crippen LogP contribution in [0.15, 0.2) is 72.9 Å². The van der Waals surface area contributed by atoms with E-state index in [4.69, 9.17) is 4.74 Å². The summed E-state index contributed by atoms with van der Waals surface area (Å²) in [5.41, 5.74) is 0. The summed E-state index contributed by atoms with van der Waals surface area (Å²) in [4.78, 5) is 26.1. The van der Waals surface area contributed by atoms with Gasteiger partial charge < -0.3 is 20.3 Å². The number of unbranched alkanes of at least 4 members (excludes halogenated alkanes) is 26. The summed E-state index contributed by atoms with van der Waals surface area (Å²) in [7, 11) is 0. The van der Waals surface area contributed by atoms with Crippen LogP contribution in [0.25, 0.3) is 0 Å². The van der Waals surface area contributed by atoms with Crippen molar-refractivity contribution >= 4 is 11.9 Å². The van der Waals surface area contributed by atoms with Gasteiger partial charge in [0.2, 0.25) is 5.91 Å². The largest absolute Gasteiger partial charge is 0.462 e. The minimum Gasteiger partial charge on any atom is -0.462 e. The fourth-order valence-electron chi connectivity index (χ4n) is 7.64. The lowest BCUT2D eigenvalue weighted by atomic mass is 10.0. The molecule has 3 N–H and O–H groups in total. The first-order chi connectivity index (χ1) is 30.5. The molecule has 0 saturated heterocycles. The summed E-state index contributed by atoms with van der Waals surface area (Å²) in [6.45, 7) is 6.32. The minimum atomic E-state index is -0.798. The number of rotatable bonds is 46. The van der Waals surface area contributed by atoms with Crippen LogP contribution in [0, 0.1) is 0 Å². The van der Waals surface area contributed by atoms with E-state index >= 15 is 0 Å². The Bertz CT molecular complexity index is 1150. The number of hydrogen-bond acceptors (Lipinski definition) is 5. The topological polar surface area (TPSA) is 95.9 Å². The molecular formula is C56H99NO5. The van der Waals surface area contributed by atoms with E-state index in [1.165, 1.54) is 96.3 Å². The molecule has 0 rings (SSSR count). The lowest BCUT2D eigenvalue weighted by Gasteiger charge is -2.24. The van der Waals surface area contributed by atoms with Crippen LogP contribution in [0.2, 0.25) is 0 Å². The van der Waals surface area contributed by atoms with Gasteiger partial charge in [-0.15, -0.1) is 0 Å². The molecule has 0 aliphatic rings. The Morgan fingerprint density at radius 1 is 0.468 bits per heavy atom. The Morgan fingerprint density at radius 3 is 1.40 bits per heavy atom. The molecule has 0 radical (unpaired) electrons. The molecule has 3 unspecified atom stereocenters. The SMILES string of the molecule is CCC/C=C\CCCCCC(CC(=O)NC(CO)C(O)CCCCCCCCCCCCCCCCCCC)OC(=O)CCCCCCC/C=C/C=C/C=C/C=C/C=C/CCC. The van der Waals surface area contributed by atoms with Gasteiger partial charge in [0, 0.05) is 6.42 Å². The van der Waals surface area contributed by atoms with E-state index in [9.17, 15) is 19.8 Å². The summed E-state index contributed by atoms with van der Waals surface area (Å²) in [6, 6.07) is -0.714. The Kier molecular flexibility index (Phi) is 47.2. The Morgan fingerprint density at radius 2 is 0.871 bits per heavy atom. The number of amides is 1. The second kappa shape index (κ2) is 49.3. The highest BCUT2D eigenvalue weighted by atomic mass is 16.5. The second-order valence-electron chi connectivity index (χ2n) is 17.7. The third-order valence-electron chi connectivity index (χ3n) is 11.6. The third-order valence-corrected chi connectivity index (χ3v) is 11.6. The van der Waals surface area contributed by atoms with Gasteiger partial charge in [-0.25, -0.2) is 0 Å². The van der Waals surface area contributed by atoms with Gasteiger partial charge in [-0.3, -0.25) is 9.59 Å². The molecule has 6 heteroatoms. The smallest absolute Gasteiger partial charge is 0.306 e. The van der Waals surface area contributed by atoms with Gasteiger partial charge in [0.25, 0.3) is 0 Å². The summed E-state index contributed by atoms with van der Waals surface area (Å²) in [5, 5.41) is 23.8. The Labute approximate surface area is 383 Å². The van der Waals surface area contributed by atoms with Crippen molar-refractivity contribution in [2.45, 2.75) is 264 Å². The van der Waals surface area contributed by atoms with Gasteiger partial charge in [-0.1, -0.05) is 241 Å². The van der Waals surface area contributed by atoms with Gasteiger partial charge in [-0.05, 0) is 64.2 Å². The van der Waals surface area contributed by atoms with Crippen LogP contribution in [0.1, 0.15) is 245 Å². The van der Waals surface area contributed by atoms with Crippen LogP contribution in [0.4, 0.5) is 0 Å². The molecule has 0 fully saturated rings. The standard InChI is InChI=1S/C56H99NO5/c1-4-7-10-13-16-19-21-23-25-27-29-31-33-35-37-40-43-46-49-56(61)62-52(47-44-41-38-18-15-12-9-6-3)50-55(60)57-53(51-58)54(59)48-45-42-39-36-34-32-30-28-26-24-22-20-17-14-11-8-5-2/h10,12-13,15-16,19,21,23,25,27,29,31,52-54,58-59H,4-9,11,14,17-18,20,22,24,26,28,30,32-51H2,1-3H3,(H,57,60)/b13-10+,15-12-,19-16+,23-21+,27-25+,31-29+. The molecule has 0 heterocycles. The first kappa shape index (κ1) is 59.3. The van der Waals surface area contributed by atoms with Gasteiger partial charge in [0.05, 0.1) is 25.2 Å². The molecule has 0 spiro atoms. The molecule has 62 heavy (non-hydrogen) atoms. The molecule has 0 aromatic heterocycles. The fourth-order valence-corrected chi connectivity index (χ4v) is 7.64. The third kappa shape index (κ3) is 43.9. The van der Waals surface area contributed by atoms with Crippen molar-refractivity contribution in [2.75, 3.05) is 6.61 Å². The molecule has 358 valence electrons. The summed E-state index contributed by atoms with van der Waals surface area (Å²) < 4.78 is 5.89. The highest BCUT2D eigenvalue weighted by molar-refractivity contribution is 5.77. The molecular weight excluding hydrogens is 767 g/mol. The highest BCUT2D eigenvalue weighted by Gasteiger charge is 2.24. The fraction of sp³-hybridized carbons (Fsp3) is 0.750. The van der Waals surface area contributed by atoms with Gasteiger partial charge >= 0.3 is 5.97 Å². The van der Waals surface area contributed by atoms with Crippen molar-refractivity contribution in [1.82, 2.24) is 5.32 Å². The monoisotopic (exact) mass is 866 g/mol. The van der Waals surface area contributed by atoms with Gasteiger partial charge in [0.1, 0.15) is 6.10 Å². The quantitative estimate of drug-likeness (QED) is 0.0245. The van der Waals surface area contributed by atoms with Crippen LogP contribution in [-0.2, 0) is 14.3 Å². The van der Waals surface area contributed by atoms with Crippen LogP contribution in [-0.4, -0.2) is 46.9 Å². The zero-order chi connectivity index (χ0) is 45.2. The maximum Gasteiger partial charge on any atom is 0.306 e. The number of carbonyl (C=O) groups is 2. The number of allylic oxidation sites excluding steroid dienone is 12. The van der Waals surface area contributed by atoms with Crippen molar-refractivity contribution in [2.24, 2.45) is 0 Å². The highest BCUT2D eigenvalue weighted by Crippen LogP contribution is 2.18. The minimum absolute atomic E-state index is 0.0528. The molecule has 1 amide bonds. The second-order valence-corrected chi connectivity index (χ2v) is 17.7. The first-order valence-electron chi connectivity index (χ1n) is 26.2. The van der Waals surface area contributed by atoms with Crippen molar-refractivity contribution in [3.63, 3.8) is 0 Å². The number of nitrogens with one attached hydrogen (secondary N) is 1. The van der Waals surface area contributed by atoms with Crippen LogP contribution >= 0.6 is 0 Å². The predicted octanol–water partition coefficient (Wildman–Crippen LogP) is 15.8. The molecule has 3 atom stereocenters. The van der Waals surface area contributed by atoms with Gasteiger partial charge in [-0.2, -0.15) is 0 Å². The maximum absolute atomic E-state index is 13.2. The molecule has 0 saturated carbocycles. The van der Waals surface area contributed by atoms with E-state index in [0.29, 0.717) is 19.3 Å². The number of ether oxygens (including phenoxy) is 1. The lowest BCUT2D eigenvalue weighted by Crippen LogP contribution is -2.46. The van der Waals surface area contributed by atoms with Crippen LogP contribution in [0.3, 0.4) is 0 Å². The average Bonchev–Trinajstić information content (AvgIpc) is 3.26. The Balaban J connectivity index is 4.44. The predicted molar refractivity (Wildman–Crippen MR) is 268 cm³/mol. The number of hydrogen-bond donors (Lipinski definition) is 3. The number of aliphatic hydroxyl groups excluding tert-OH is 2. The van der Waals surface area contributed by atoms with E-state index in [1.807, 2.05) is 24.3 Å². The van der Waals surface area contributed by atoms with Crippen molar-refractivity contribution in [3.8, 4) is 0 Å². The van der Waals surface area contributed by atoms with Crippen LogP contribution in [0.5, 0.6) is 0 Å². The zero-order valence-corrected chi connectivity index (χ0v) is 40.7. The van der Waals surface area contributed by atoms with E-state index in [0.717, 1.165) is 103 Å². The van der Waals surface area contributed by atoms with E-state index in [-0.39, 0.29) is 24.9 Å². The summed E-state index contributed by atoms with van der Waals surface area (Å²) in [5.74, 6) is -0.523. The van der Waals surface area contributed by atoms with E-state index in [2.05, 4.69) is 74.7 Å². The van der Waals surface area contributed by atoms with E-state index < -0.39 is 18.2 Å². The summed E-state index contributed by atoms with van der Waals surface area (Å²) in [6.07, 6.45) is 62.6. The van der Waals surface area contributed by atoms with Gasteiger partial charge in [0.15, 0.2) is 0 Å². The maximum atomic E-state index is 13.2. The number of aliphatic hydroxyl groups is 2. The van der Waals surface area contributed by atoms with E-state index in [1.54, 1.807) is 0 Å². The van der Waals surface area contributed by atoms with Crippen LogP contribution < -0.4 is 5.32 Å². The molecule has 0 aromatic rings. The molecule has 6 nitrogen and oxygen atoms in total. The number of esters is 1. The first-order valence-corrected chi connectivity index (χ1v) is 26.2. The number of carbonyl (C=O) groups excluding carboxylic acids is 2. The molecule has 0 aliphatic heterocycles. The normalized spacial score (nSPS) is 13.8. The Hall–Kier alpha value is -2.70. The van der Waals surface area contributed by atoms with Crippen molar-refractivity contribution in [3.05, 3.63) is 72.9 Å². The summed E-state index contributed by atoms with van der Waals surface area (Å²) >= 11 is 0. The lowest BCUT2D eigenvalue weighted by molar-refractivity contribution is -0.151. The molecule has 0 bridgehead atoms. The van der Waals surface area contributed by atoms with Crippen molar-refractivity contribution in [1.29, 1.82) is 0 Å². The average molecular weight is 866 g/mol.